The Hall–Kier alpha value is -1.55. The molecule has 96 valence electrons. The van der Waals surface area contributed by atoms with Gasteiger partial charge in [-0.05, 0) is 24.1 Å². The highest BCUT2D eigenvalue weighted by Crippen LogP contribution is 2.25. The number of nitrogens with two attached hydrogens (primary N) is 1. The van der Waals surface area contributed by atoms with E-state index in [0.29, 0.717) is 16.6 Å². The Morgan fingerprint density at radius 3 is 2.72 bits per heavy atom. The lowest BCUT2D eigenvalue weighted by molar-refractivity contribution is 0.613. The van der Waals surface area contributed by atoms with Crippen molar-refractivity contribution < 1.29 is 0 Å². The minimum atomic E-state index is 0.538. The number of aromatic nitrogens is 3. The van der Waals surface area contributed by atoms with Gasteiger partial charge >= 0.3 is 0 Å². The van der Waals surface area contributed by atoms with Crippen LogP contribution in [0.5, 0.6) is 0 Å². The van der Waals surface area contributed by atoms with E-state index in [2.05, 4.69) is 23.9 Å². The molecular formula is C13H17ClN4. The number of anilines is 1. The fraction of sp³-hybridized carbons (Fsp3) is 0.385. The molecule has 0 spiro atoms. The Labute approximate surface area is 112 Å². The molecule has 0 atom stereocenters. The first-order valence-electron chi connectivity index (χ1n) is 5.92. The molecule has 2 N–H and O–H groups in total. The molecule has 0 saturated heterocycles. The van der Waals surface area contributed by atoms with E-state index in [-0.39, 0.29) is 0 Å². The molecule has 2 aromatic rings. The summed E-state index contributed by atoms with van der Waals surface area (Å²) in [6, 6.07) is 5.51. The second-order valence-electron chi connectivity index (χ2n) is 4.81. The molecule has 0 radical (unpaired) electrons. The number of halogens is 1. The fourth-order valence-corrected chi connectivity index (χ4v) is 1.94. The average molecular weight is 265 g/mol. The van der Waals surface area contributed by atoms with Gasteiger partial charge in [-0.15, -0.1) is 0 Å². The third-order valence-electron chi connectivity index (χ3n) is 2.65. The van der Waals surface area contributed by atoms with Crippen LogP contribution in [0.4, 0.5) is 5.69 Å². The van der Waals surface area contributed by atoms with Crippen molar-refractivity contribution in [3.05, 3.63) is 29.0 Å². The number of benzene rings is 1. The molecule has 18 heavy (non-hydrogen) atoms. The summed E-state index contributed by atoms with van der Waals surface area (Å²) in [6.45, 7) is 4.30. The molecule has 0 bridgehead atoms. The highest BCUT2D eigenvalue weighted by molar-refractivity contribution is 6.33. The molecule has 5 heteroatoms. The van der Waals surface area contributed by atoms with Gasteiger partial charge in [0.15, 0.2) is 11.6 Å². The normalized spacial score (nSPS) is 11.2. The first-order valence-corrected chi connectivity index (χ1v) is 6.30. The third kappa shape index (κ3) is 2.64. The summed E-state index contributed by atoms with van der Waals surface area (Å²) in [4.78, 5) is 4.54. The highest BCUT2D eigenvalue weighted by atomic mass is 35.5. The number of nitrogens with zero attached hydrogens (tertiary/aromatic N) is 3. The zero-order chi connectivity index (χ0) is 13.3. The van der Waals surface area contributed by atoms with Crippen LogP contribution < -0.4 is 5.73 Å². The number of hydrogen-bond donors (Lipinski definition) is 1. The van der Waals surface area contributed by atoms with Crippen molar-refractivity contribution in [3.8, 4) is 11.4 Å². The number of nitrogen functional groups attached to an aromatic ring is 1. The molecule has 0 saturated carbocycles. The van der Waals surface area contributed by atoms with Crippen LogP contribution in [0.2, 0.25) is 5.02 Å². The Bertz CT molecular complexity index is 560. The summed E-state index contributed by atoms with van der Waals surface area (Å²) < 4.78 is 1.78. The molecule has 0 aliphatic rings. The first-order chi connectivity index (χ1) is 8.47. The van der Waals surface area contributed by atoms with Crippen LogP contribution in [0.15, 0.2) is 18.2 Å². The SMILES string of the molecule is CC(C)Cc1nc(-c2ccc(Cl)c(N)c2)n(C)n1. The Kier molecular flexibility index (Phi) is 3.57. The molecule has 4 nitrogen and oxygen atoms in total. The van der Waals surface area contributed by atoms with Crippen molar-refractivity contribution in [1.29, 1.82) is 0 Å². The largest absolute Gasteiger partial charge is 0.398 e. The van der Waals surface area contributed by atoms with Gasteiger partial charge in [0.25, 0.3) is 0 Å². The Morgan fingerprint density at radius 1 is 1.39 bits per heavy atom. The first kappa shape index (κ1) is 12.9. The van der Waals surface area contributed by atoms with Crippen molar-refractivity contribution in [2.24, 2.45) is 13.0 Å². The van der Waals surface area contributed by atoms with Crippen molar-refractivity contribution in [3.63, 3.8) is 0 Å². The minimum Gasteiger partial charge on any atom is -0.398 e. The van der Waals surface area contributed by atoms with Gasteiger partial charge in [0.05, 0.1) is 10.7 Å². The summed E-state index contributed by atoms with van der Waals surface area (Å²) in [5.41, 5.74) is 7.30. The molecule has 0 amide bonds. The van der Waals surface area contributed by atoms with E-state index in [1.165, 1.54) is 0 Å². The van der Waals surface area contributed by atoms with E-state index in [4.69, 9.17) is 17.3 Å². The number of aryl methyl sites for hydroxylation is 1. The Morgan fingerprint density at radius 2 is 2.11 bits per heavy atom. The van der Waals surface area contributed by atoms with Gasteiger partial charge in [0.1, 0.15) is 0 Å². The van der Waals surface area contributed by atoms with Gasteiger partial charge < -0.3 is 5.73 Å². The van der Waals surface area contributed by atoms with Crippen LogP contribution in [-0.2, 0) is 13.5 Å². The summed E-state index contributed by atoms with van der Waals surface area (Å²) >= 11 is 5.91. The summed E-state index contributed by atoms with van der Waals surface area (Å²) in [6.07, 6.45) is 0.872. The molecule has 0 aliphatic heterocycles. The summed E-state index contributed by atoms with van der Waals surface area (Å²) in [7, 11) is 1.89. The fourth-order valence-electron chi connectivity index (χ4n) is 1.82. The van der Waals surface area contributed by atoms with Gasteiger partial charge in [0.2, 0.25) is 0 Å². The van der Waals surface area contributed by atoms with E-state index >= 15 is 0 Å². The van der Waals surface area contributed by atoms with E-state index < -0.39 is 0 Å². The summed E-state index contributed by atoms with van der Waals surface area (Å²) in [5, 5.41) is 4.97. The van der Waals surface area contributed by atoms with E-state index in [1.54, 1.807) is 10.7 Å². The van der Waals surface area contributed by atoms with E-state index in [0.717, 1.165) is 23.6 Å². The van der Waals surface area contributed by atoms with E-state index in [1.807, 2.05) is 19.2 Å². The second kappa shape index (κ2) is 4.98. The van der Waals surface area contributed by atoms with Gasteiger partial charge in [-0.1, -0.05) is 25.4 Å². The standard InChI is InChI=1S/C13H17ClN4/c1-8(2)6-12-16-13(18(3)17-12)9-4-5-10(14)11(15)7-9/h4-5,7-8H,6,15H2,1-3H3. The molecule has 1 aromatic carbocycles. The van der Waals surface area contributed by atoms with Crippen molar-refractivity contribution in [2.45, 2.75) is 20.3 Å². The molecule has 1 aromatic heterocycles. The number of rotatable bonds is 3. The zero-order valence-corrected chi connectivity index (χ0v) is 11.6. The lowest BCUT2D eigenvalue weighted by atomic mass is 10.1. The maximum atomic E-state index is 5.91. The molecular weight excluding hydrogens is 248 g/mol. The second-order valence-corrected chi connectivity index (χ2v) is 5.22. The van der Waals surface area contributed by atoms with Crippen LogP contribution >= 0.6 is 11.6 Å². The summed E-state index contributed by atoms with van der Waals surface area (Å²) in [5.74, 6) is 2.21. The maximum absolute atomic E-state index is 5.91. The smallest absolute Gasteiger partial charge is 0.158 e. The quantitative estimate of drug-likeness (QED) is 0.868. The lowest BCUT2D eigenvalue weighted by Crippen LogP contribution is -1.98. The van der Waals surface area contributed by atoms with Gasteiger partial charge in [-0.25, -0.2) is 9.67 Å². The maximum Gasteiger partial charge on any atom is 0.158 e. The van der Waals surface area contributed by atoms with Gasteiger partial charge in [-0.2, -0.15) is 5.10 Å². The van der Waals surface area contributed by atoms with Crippen molar-refractivity contribution in [1.82, 2.24) is 14.8 Å². The lowest BCUT2D eigenvalue weighted by Gasteiger charge is -2.02. The van der Waals surface area contributed by atoms with E-state index in [9.17, 15) is 0 Å². The predicted octanol–water partition coefficient (Wildman–Crippen LogP) is 2.92. The van der Waals surface area contributed by atoms with Crippen molar-refractivity contribution in [2.75, 3.05) is 5.73 Å². The van der Waals surface area contributed by atoms with Gasteiger partial charge in [-0.3, -0.25) is 0 Å². The Balaban J connectivity index is 2.38. The van der Waals surface area contributed by atoms with Crippen LogP contribution in [-0.4, -0.2) is 14.8 Å². The molecule has 0 fully saturated rings. The van der Waals surface area contributed by atoms with Crippen molar-refractivity contribution >= 4 is 17.3 Å². The number of hydrogen-bond acceptors (Lipinski definition) is 3. The van der Waals surface area contributed by atoms with Gasteiger partial charge in [0, 0.05) is 19.0 Å². The molecule has 2 rings (SSSR count). The predicted molar refractivity (Wildman–Crippen MR) is 74.4 cm³/mol. The van der Waals surface area contributed by atoms with Crippen LogP contribution in [0, 0.1) is 5.92 Å². The zero-order valence-electron chi connectivity index (χ0n) is 10.8. The highest BCUT2D eigenvalue weighted by Gasteiger charge is 2.11. The molecule has 1 heterocycles. The van der Waals surface area contributed by atoms with Crippen LogP contribution in [0.1, 0.15) is 19.7 Å². The average Bonchev–Trinajstić information content (AvgIpc) is 2.62. The topological polar surface area (TPSA) is 56.7 Å². The molecule has 0 unspecified atom stereocenters. The van der Waals surface area contributed by atoms with Crippen LogP contribution in [0.25, 0.3) is 11.4 Å². The minimum absolute atomic E-state index is 0.538. The third-order valence-corrected chi connectivity index (χ3v) is 3.00. The molecule has 0 aliphatic carbocycles. The monoisotopic (exact) mass is 264 g/mol. The van der Waals surface area contributed by atoms with Crippen LogP contribution in [0.3, 0.4) is 0 Å².